The lowest BCUT2D eigenvalue weighted by atomic mass is 9.93. The highest BCUT2D eigenvalue weighted by Crippen LogP contribution is 2.22. The number of carbonyl (C=O) groups excluding carboxylic acids is 1. The Bertz CT molecular complexity index is 949. The van der Waals surface area contributed by atoms with Gasteiger partial charge < -0.3 is 14.0 Å². The molecule has 1 saturated heterocycles. The van der Waals surface area contributed by atoms with Crippen molar-refractivity contribution in [2.75, 3.05) is 13.1 Å². The number of likely N-dealkylation sites (tertiary alicyclic amines) is 1. The molecule has 0 radical (unpaired) electrons. The number of piperidine rings is 1. The number of nitrogens with zero attached hydrogens (tertiary/aromatic N) is 5. The van der Waals surface area contributed by atoms with Crippen LogP contribution >= 0.6 is 0 Å². The summed E-state index contributed by atoms with van der Waals surface area (Å²) in [5.74, 6) is 3.02. The van der Waals surface area contributed by atoms with Gasteiger partial charge in [-0.15, -0.1) is 0 Å². The number of hydrogen-bond donors (Lipinski definition) is 0. The molecule has 3 heterocycles. The molecular weight excluding hydrogens is 350 g/mol. The molecule has 0 bridgehead atoms. The van der Waals surface area contributed by atoms with Gasteiger partial charge in [0.1, 0.15) is 11.6 Å². The van der Waals surface area contributed by atoms with Gasteiger partial charge >= 0.3 is 0 Å². The molecule has 0 atom stereocenters. The van der Waals surface area contributed by atoms with Gasteiger partial charge in [-0.05, 0) is 44.2 Å². The molecule has 2 aromatic heterocycles. The molecule has 3 aromatic rings. The Balaban J connectivity index is 1.25. The quantitative estimate of drug-likeness (QED) is 0.660. The van der Waals surface area contributed by atoms with E-state index in [1.54, 1.807) is 0 Å². The second-order valence-corrected chi connectivity index (χ2v) is 7.86. The van der Waals surface area contributed by atoms with Crippen molar-refractivity contribution in [3.8, 4) is 0 Å². The van der Waals surface area contributed by atoms with Gasteiger partial charge in [0, 0.05) is 51.9 Å². The molecule has 0 unspecified atom stereocenters. The summed E-state index contributed by atoms with van der Waals surface area (Å²) in [7, 11) is 2.03. The summed E-state index contributed by atoms with van der Waals surface area (Å²) in [6, 6.07) is 8.13. The van der Waals surface area contributed by atoms with E-state index in [-0.39, 0.29) is 5.91 Å². The minimum Gasteiger partial charge on any atom is -0.343 e. The second kappa shape index (κ2) is 8.17. The molecule has 1 amide bonds. The number of aryl methyl sites for hydroxylation is 4. The third kappa shape index (κ3) is 3.96. The first-order valence-electron chi connectivity index (χ1n) is 10.3. The lowest BCUT2D eigenvalue weighted by Gasteiger charge is -2.32. The van der Waals surface area contributed by atoms with Crippen LogP contribution in [0.4, 0.5) is 0 Å². The molecule has 0 spiro atoms. The maximum absolute atomic E-state index is 12.7. The van der Waals surface area contributed by atoms with Crippen molar-refractivity contribution >= 4 is 16.9 Å². The molecule has 6 nitrogen and oxygen atoms in total. The fraction of sp³-hybridized carbons (Fsp3) is 0.500. The van der Waals surface area contributed by atoms with Crippen LogP contribution in [0.2, 0.25) is 0 Å². The Morgan fingerprint density at radius 1 is 1.21 bits per heavy atom. The van der Waals surface area contributed by atoms with Crippen molar-refractivity contribution in [1.82, 2.24) is 24.0 Å². The molecular formula is C22H29N5O. The Kier molecular flexibility index (Phi) is 5.46. The minimum absolute atomic E-state index is 0.260. The molecule has 0 saturated carbocycles. The summed E-state index contributed by atoms with van der Waals surface area (Å²) < 4.78 is 4.32. The van der Waals surface area contributed by atoms with E-state index in [0.29, 0.717) is 18.8 Å². The first-order valence-corrected chi connectivity index (χ1v) is 10.3. The van der Waals surface area contributed by atoms with E-state index in [1.165, 1.54) is 6.42 Å². The van der Waals surface area contributed by atoms with Crippen LogP contribution in [0.3, 0.4) is 0 Å². The number of carbonyl (C=O) groups is 1. The lowest BCUT2D eigenvalue weighted by Crippen LogP contribution is -2.38. The largest absolute Gasteiger partial charge is 0.343 e. The smallest absolute Gasteiger partial charge is 0.223 e. The van der Waals surface area contributed by atoms with Crippen molar-refractivity contribution in [3.05, 3.63) is 48.3 Å². The zero-order chi connectivity index (χ0) is 19.5. The van der Waals surface area contributed by atoms with Gasteiger partial charge in [0.2, 0.25) is 5.91 Å². The predicted molar refractivity (Wildman–Crippen MR) is 110 cm³/mol. The monoisotopic (exact) mass is 379 g/mol. The van der Waals surface area contributed by atoms with E-state index < -0.39 is 0 Å². The van der Waals surface area contributed by atoms with E-state index >= 15 is 0 Å². The van der Waals surface area contributed by atoms with Gasteiger partial charge in [0.15, 0.2) is 0 Å². The Morgan fingerprint density at radius 3 is 2.71 bits per heavy atom. The predicted octanol–water partition coefficient (Wildman–Crippen LogP) is 3.34. The van der Waals surface area contributed by atoms with Gasteiger partial charge in [0.05, 0.1) is 11.0 Å². The summed E-state index contributed by atoms with van der Waals surface area (Å²) in [6.45, 7) is 4.84. The SMILES string of the molecule is Cc1nccn1CCC1CCN(C(=O)CCc2nc3ccccc3n2C)CC1. The van der Waals surface area contributed by atoms with E-state index in [1.807, 2.05) is 43.3 Å². The summed E-state index contributed by atoms with van der Waals surface area (Å²) in [4.78, 5) is 23.7. The van der Waals surface area contributed by atoms with Crippen LogP contribution in [-0.2, 0) is 24.8 Å². The number of imidazole rings is 2. The van der Waals surface area contributed by atoms with E-state index in [2.05, 4.69) is 31.4 Å². The Labute approximate surface area is 166 Å². The van der Waals surface area contributed by atoms with Gasteiger partial charge in [-0.25, -0.2) is 9.97 Å². The Hall–Kier alpha value is -2.63. The average Bonchev–Trinajstić information content (AvgIpc) is 3.28. The fourth-order valence-corrected chi connectivity index (χ4v) is 4.23. The van der Waals surface area contributed by atoms with Crippen LogP contribution < -0.4 is 0 Å². The number of aromatic nitrogens is 4. The maximum atomic E-state index is 12.7. The number of fused-ring (bicyclic) bond motifs is 1. The summed E-state index contributed by atoms with van der Waals surface area (Å²) in [5.41, 5.74) is 2.13. The van der Waals surface area contributed by atoms with Gasteiger partial charge in [0.25, 0.3) is 0 Å². The topological polar surface area (TPSA) is 56.0 Å². The van der Waals surface area contributed by atoms with E-state index in [0.717, 1.165) is 55.2 Å². The number of hydrogen-bond acceptors (Lipinski definition) is 3. The molecule has 0 N–H and O–H groups in total. The Morgan fingerprint density at radius 2 is 2.00 bits per heavy atom. The first kappa shape index (κ1) is 18.7. The van der Waals surface area contributed by atoms with Crippen molar-refractivity contribution < 1.29 is 4.79 Å². The highest BCUT2D eigenvalue weighted by molar-refractivity contribution is 5.78. The molecule has 4 rings (SSSR count). The maximum Gasteiger partial charge on any atom is 0.223 e. The molecule has 1 fully saturated rings. The van der Waals surface area contributed by atoms with Gasteiger partial charge in [-0.3, -0.25) is 4.79 Å². The zero-order valence-corrected chi connectivity index (χ0v) is 16.8. The first-order chi connectivity index (χ1) is 13.6. The minimum atomic E-state index is 0.260. The average molecular weight is 380 g/mol. The van der Waals surface area contributed by atoms with E-state index in [4.69, 9.17) is 0 Å². The van der Waals surface area contributed by atoms with E-state index in [9.17, 15) is 4.79 Å². The van der Waals surface area contributed by atoms with Crippen molar-refractivity contribution in [2.24, 2.45) is 13.0 Å². The second-order valence-electron chi connectivity index (χ2n) is 7.86. The van der Waals surface area contributed by atoms with Crippen LogP contribution in [0.15, 0.2) is 36.7 Å². The standard InChI is InChI=1S/C22H29N5O/c1-17-23-12-16-26(17)13-9-18-10-14-27(15-11-18)22(28)8-7-21-24-19-5-3-4-6-20(19)25(21)2/h3-6,12,16,18H,7-11,13-15H2,1-2H3. The highest BCUT2D eigenvalue weighted by Gasteiger charge is 2.23. The molecule has 28 heavy (non-hydrogen) atoms. The fourth-order valence-electron chi connectivity index (χ4n) is 4.23. The van der Waals surface area contributed by atoms with Crippen molar-refractivity contribution in [1.29, 1.82) is 0 Å². The van der Waals surface area contributed by atoms with Gasteiger partial charge in [-0.1, -0.05) is 12.1 Å². The third-order valence-electron chi connectivity index (χ3n) is 6.11. The number of amides is 1. The molecule has 0 aliphatic carbocycles. The summed E-state index contributed by atoms with van der Waals surface area (Å²) >= 11 is 0. The summed E-state index contributed by atoms with van der Waals surface area (Å²) in [6.07, 6.45) is 8.52. The van der Waals surface area contributed by atoms with Crippen molar-refractivity contribution in [2.45, 2.75) is 45.6 Å². The zero-order valence-electron chi connectivity index (χ0n) is 16.8. The molecule has 1 aromatic carbocycles. The van der Waals surface area contributed by atoms with Crippen LogP contribution in [0.5, 0.6) is 0 Å². The van der Waals surface area contributed by atoms with Crippen LogP contribution in [0.25, 0.3) is 11.0 Å². The van der Waals surface area contributed by atoms with Crippen LogP contribution in [-0.4, -0.2) is 43.0 Å². The van der Waals surface area contributed by atoms with Crippen molar-refractivity contribution in [3.63, 3.8) is 0 Å². The van der Waals surface area contributed by atoms with Gasteiger partial charge in [-0.2, -0.15) is 0 Å². The third-order valence-corrected chi connectivity index (χ3v) is 6.11. The van der Waals surface area contributed by atoms with Crippen LogP contribution in [0, 0.1) is 12.8 Å². The lowest BCUT2D eigenvalue weighted by molar-refractivity contribution is -0.132. The molecule has 1 aliphatic rings. The number of benzene rings is 1. The number of para-hydroxylation sites is 2. The normalized spacial score (nSPS) is 15.4. The number of rotatable bonds is 6. The van der Waals surface area contributed by atoms with Crippen LogP contribution in [0.1, 0.15) is 37.3 Å². The molecule has 6 heteroatoms. The molecule has 148 valence electrons. The highest BCUT2D eigenvalue weighted by atomic mass is 16.2. The molecule has 1 aliphatic heterocycles. The summed E-state index contributed by atoms with van der Waals surface area (Å²) in [5, 5.41) is 0.